The van der Waals surface area contributed by atoms with Gasteiger partial charge in [-0.25, -0.2) is 0 Å². The lowest BCUT2D eigenvalue weighted by molar-refractivity contribution is 1.44. The Kier molecular flexibility index (Phi) is 3.87. The Morgan fingerprint density at radius 1 is 1.10 bits per heavy atom. The van der Waals surface area contributed by atoms with Crippen LogP contribution in [0.4, 0.5) is 5.69 Å². The number of nitrogens with one attached hydrogen (secondary N) is 1. The number of nitriles is 1. The fraction of sp³-hybridized carbons (Fsp3) is 0.118. The SMILES string of the molecule is Cc1ccc2sc(SNc3ccc(C#N)cc3)c(C)c2c1. The summed E-state index contributed by atoms with van der Waals surface area (Å²) in [5.41, 5.74) is 4.30. The van der Waals surface area contributed by atoms with E-state index in [0.29, 0.717) is 5.56 Å². The third-order valence-corrected chi connectivity index (χ3v) is 5.72. The number of aryl methyl sites for hydroxylation is 2. The summed E-state index contributed by atoms with van der Waals surface area (Å²) in [6, 6.07) is 16.2. The van der Waals surface area contributed by atoms with E-state index in [1.807, 2.05) is 35.6 Å². The average molecular weight is 310 g/mol. The lowest BCUT2D eigenvalue weighted by atomic mass is 10.1. The first-order chi connectivity index (χ1) is 10.2. The summed E-state index contributed by atoms with van der Waals surface area (Å²) in [5, 5.41) is 10.1. The summed E-state index contributed by atoms with van der Waals surface area (Å²) < 4.78 is 5.95. The molecule has 104 valence electrons. The molecule has 0 aliphatic carbocycles. The Morgan fingerprint density at radius 3 is 2.57 bits per heavy atom. The first kappa shape index (κ1) is 14.0. The van der Waals surface area contributed by atoms with E-state index in [2.05, 4.69) is 42.8 Å². The Labute approximate surface area is 132 Å². The highest BCUT2D eigenvalue weighted by atomic mass is 32.2. The van der Waals surface area contributed by atoms with Gasteiger partial charge >= 0.3 is 0 Å². The van der Waals surface area contributed by atoms with Gasteiger partial charge in [0.2, 0.25) is 0 Å². The van der Waals surface area contributed by atoms with Crippen molar-refractivity contribution >= 4 is 39.1 Å². The van der Waals surface area contributed by atoms with E-state index < -0.39 is 0 Å². The number of hydrogen-bond acceptors (Lipinski definition) is 4. The first-order valence-corrected chi connectivity index (χ1v) is 8.23. The van der Waals surface area contributed by atoms with Crippen LogP contribution in [0, 0.1) is 25.2 Å². The number of nitrogens with zero attached hydrogens (tertiary/aromatic N) is 1. The van der Waals surface area contributed by atoms with Crippen LogP contribution >= 0.6 is 23.3 Å². The number of thiophene rings is 1. The molecule has 1 heterocycles. The number of fused-ring (bicyclic) bond motifs is 1. The van der Waals surface area contributed by atoms with Gasteiger partial charge in [-0.15, -0.1) is 11.3 Å². The van der Waals surface area contributed by atoms with Gasteiger partial charge in [0.05, 0.1) is 15.8 Å². The molecule has 2 nitrogen and oxygen atoms in total. The normalized spacial score (nSPS) is 10.5. The fourth-order valence-corrected chi connectivity index (χ4v) is 4.22. The van der Waals surface area contributed by atoms with Gasteiger partial charge in [-0.05, 0) is 67.1 Å². The van der Waals surface area contributed by atoms with Crippen LogP contribution in [0.3, 0.4) is 0 Å². The second kappa shape index (κ2) is 5.80. The molecule has 4 heteroatoms. The van der Waals surface area contributed by atoms with Crippen molar-refractivity contribution < 1.29 is 0 Å². The van der Waals surface area contributed by atoms with Gasteiger partial charge in [-0.1, -0.05) is 17.7 Å². The standard InChI is InChI=1S/C17H14N2S2/c1-11-3-8-16-15(9-11)12(2)17(20-16)21-19-14-6-4-13(10-18)5-7-14/h3-9,19H,1-2H3. The smallest absolute Gasteiger partial charge is 0.0991 e. The van der Waals surface area contributed by atoms with Gasteiger partial charge in [0.1, 0.15) is 0 Å². The summed E-state index contributed by atoms with van der Waals surface area (Å²) in [4.78, 5) is 0. The Hall–Kier alpha value is -1.96. The molecule has 0 spiro atoms. The largest absolute Gasteiger partial charge is 0.325 e. The van der Waals surface area contributed by atoms with E-state index in [1.54, 1.807) is 11.9 Å². The number of anilines is 1. The quantitative estimate of drug-likeness (QED) is 0.648. The molecule has 0 saturated carbocycles. The summed E-state index contributed by atoms with van der Waals surface area (Å²) in [5.74, 6) is 0. The lowest BCUT2D eigenvalue weighted by Crippen LogP contribution is -1.86. The molecule has 1 N–H and O–H groups in total. The molecule has 0 unspecified atom stereocenters. The zero-order valence-electron chi connectivity index (χ0n) is 11.8. The van der Waals surface area contributed by atoms with Crippen molar-refractivity contribution in [2.24, 2.45) is 0 Å². The molecular formula is C17H14N2S2. The zero-order chi connectivity index (χ0) is 14.8. The van der Waals surface area contributed by atoms with Crippen molar-refractivity contribution in [2.75, 3.05) is 4.72 Å². The molecule has 21 heavy (non-hydrogen) atoms. The molecule has 0 amide bonds. The second-order valence-electron chi connectivity index (χ2n) is 4.91. The molecule has 1 aromatic heterocycles. The van der Waals surface area contributed by atoms with E-state index in [9.17, 15) is 0 Å². The van der Waals surface area contributed by atoms with Crippen molar-refractivity contribution in [1.82, 2.24) is 0 Å². The van der Waals surface area contributed by atoms with Crippen LogP contribution in [0.15, 0.2) is 46.7 Å². The molecule has 0 saturated heterocycles. The van der Waals surface area contributed by atoms with Crippen molar-refractivity contribution in [3.05, 3.63) is 59.2 Å². The Morgan fingerprint density at radius 2 is 1.86 bits per heavy atom. The van der Waals surface area contributed by atoms with Crippen LogP contribution in [0.5, 0.6) is 0 Å². The van der Waals surface area contributed by atoms with Crippen LogP contribution in [0.25, 0.3) is 10.1 Å². The molecule has 0 radical (unpaired) electrons. The summed E-state index contributed by atoms with van der Waals surface area (Å²) in [6.07, 6.45) is 0. The van der Waals surface area contributed by atoms with E-state index >= 15 is 0 Å². The predicted octanol–water partition coefficient (Wildman–Crippen LogP) is 5.51. The molecule has 0 atom stereocenters. The van der Waals surface area contributed by atoms with Crippen LogP contribution < -0.4 is 4.72 Å². The minimum absolute atomic E-state index is 0.680. The molecular weight excluding hydrogens is 296 g/mol. The molecule has 3 aromatic rings. The van der Waals surface area contributed by atoms with Gasteiger partial charge in [-0.2, -0.15) is 5.26 Å². The van der Waals surface area contributed by atoms with Gasteiger partial charge in [-0.3, -0.25) is 0 Å². The number of hydrogen-bond donors (Lipinski definition) is 1. The van der Waals surface area contributed by atoms with E-state index in [4.69, 9.17) is 5.26 Å². The van der Waals surface area contributed by atoms with E-state index in [0.717, 1.165) is 5.69 Å². The number of rotatable bonds is 3. The summed E-state index contributed by atoms with van der Waals surface area (Å²) >= 11 is 3.44. The molecule has 3 rings (SSSR count). The minimum atomic E-state index is 0.680. The van der Waals surface area contributed by atoms with Crippen molar-refractivity contribution in [3.8, 4) is 6.07 Å². The highest BCUT2D eigenvalue weighted by Gasteiger charge is 2.09. The van der Waals surface area contributed by atoms with E-state index in [1.165, 1.54) is 25.4 Å². The number of benzene rings is 2. The molecule has 0 aliphatic rings. The average Bonchev–Trinajstić information content (AvgIpc) is 2.82. The van der Waals surface area contributed by atoms with Crippen LogP contribution in [-0.2, 0) is 0 Å². The fourth-order valence-electron chi connectivity index (χ4n) is 2.13. The van der Waals surface area contributed by atoms with Gasteiger partial charge in [0.25, 0.3) is 0 Å². The lowest BCUT2D eigenvalue weighted by Gasteiger charge is -2.04. The van der Waals surface area contributed by atoms with Gasteiger partial charge < -0.3 is 4.72 Å². The maximum absolute atomic E-state index is 8.80. The molecule has 0 fully saturated rings. The minimum Gasteiger partial charge on any atom is -0.325 e. The van der Waals surface area contributed by atoms with Crippen LogP contribution in [0.2, 0.25) is 0 Å². The van der Waals surface area contributed by atoms with Gasteiger partial charge in [0.15, 0.2) is 0 Å². The molecule has 0 bridgehead atoms. The molecule has 0 aliphatic heterocycles. The first-order valence-electron chi connectivity index (χ1n) is 6.60. The van der Waals surface area contributed by atoms with Crippen LogP contribution in [-0.4, -0.2) is 0 Å². The maximum Gasteiger partial charge on any atom is 0.0991 e. The Bertz CT molecular complexity index is 826. The highest BCUT2D eigenvalue weighted by molar-refractivity contribution is 8.02. The highest BCUT2D eigenvalue weighted by Crippen LogP contribution is 2.38. The van der Waals surface area contributed by atoms with Crippen molar-refractivity contribution in [2.45, 2.75) is 18.1 Å². The van der Waals surface area contributed by atoms with Crippen molar-refractivity contribution in [1.29, 1.82) is 5.26 Å². The second-order valence-corrected chi connectivity index (χ2v) is 7.03. The third kappa shape index (κ3) is 2.90. The topological polar surface area (TPSA) is 35.8 Å². The monoisotopic (exact) mass is 310 g/mol. The predicted molar refractivity (Wildman–Crippen MR) is 91.9 cm³/mol. The third-order valence-electron chi connectivity index (χ3n) is 3.32. The summed E-state index contributed by atoms with van der Waals surface area (Å²) in [6.45, 7) is 4.29. The summed E-state index contributed by atoms with van der Waals surface area (Å²) in [7, 11) is 0. The van der Waals surface area contributed by atoms with Crippen molar-refractivity contribution in [3.63, 3.8) is 0 Å². The molecule has 2 aromatic carbocycles. The maximum atomic E-state index is 8.80. The van der Waals surface area contributed by atoms with E-state index in [-0.39, 0.29) is 0 Å². The zero-order valence-corrected chi connectivity index (χ0v) is 13.4. The van der Waals surface area contributed by atoms with Crippen LogP contribution in [0.1, 0.15) is 16.7 Å². The Balaban J connectivity index is 1.81. The van der Waals surface area contributed by atoms with Gasteiger partial charge in [0, 0.05) is 10.4 Å².